The standard InChI is InChI=1S/C32H41N9O6/c1-17(42)27(31(46)47)41-30(45)26(14-19-16-38-24-10-5-3-8-21(19)24)40-29(44)25(11-6-12-36-32(34)35)39-28(43)22(33)13-18-15-37-23-9-4-2-7-20(18)23/h2-5,7-10,15-17,22,25-27,37-38,42H,6,11-14,33H2,1H3,(H,39,43)(H,40,44)(H,41,45)(H,46,47)(H4,34,35,36). The molecule has 3 amide bonds. The number of carbonyl (C=O) groups is 4. The SMILES string of the molecule is CC(O)C(NC(=O)C(Cc1c[nH]c2ccccc12)NC(=O)C(CCCN=C(N)N)NC(=O)C(N)Cc1c[nH]c2ccccc12)C(=O)O. The molecule has 2 aromatic heterocycles. The number of carbonyl (C=O) groups excluding carboxylic acids is 3. The third-order valence-corrected chi connectivity index (χ3v) is 7.81. The van der Waals surface area contributed by atoms with Crippen molar-refractivity contribution in [1.82, 2.24) is 25.9 Å². The molecule has 0 saturated heterocycles. The molecule has 13 N–H and O–H groups in total. The molecule has 0 aliphatic carbocycles. The highest BCUT2D eigenvalue weighted by Crippen LogP contribution is 2.20. The minimum atomic E-state index is -1.62. The smallest absolute Gasteiger partial charge is 0.328 e. The zero-order valence-corrected chi connectivity index (χ0v) is 25.9. The predicted octanol–water partition coefficient (Wildman–Crippen LogP) is -0.265. The van der Waals surface area contributed by atoms with Gasteiger partial charge in [-0.15, -0.1) is 0 Å². The first-order valence-electron chi connectivity index (χ1n) is 15.2. The second kappa shape index (κ2) is 15.7. The normalized spacial score (nSPS) is 14.4. The molecule has 0 fully saturated rings. The zero-order valence-electron chi connectivity index (χ0n) is 25.9. The molecular weight excluding hydrogens is 606 g/mol. The van der Waals surface area contributed by atoms with Crippen molar-refractivity contribution in [1.29, 1.82) is 0 Å². The van der Waals surface area contributed by atoms with Crippen LogP contribution in [0, 0.1) is 0 Å². The molecule has 2 heterocycles. The molecule has 47 heavy (non-hydrogen) atoms. The average Bonchev–Trinajstić information content (AvgIpc) is 3.64. The molecule has 0 aliphatic rings. The number of amides is 3. The minimum Gasteiger partial charge on any atom is -0.480 e. The Hall–Kier alpha value is -5.41. The highest BCUT2D eigenvalue weighted by molar-refractivity contribution is 5.95. The Kier molecular flexibility index (Phi) is 11.5. The summed E-state index contributed by atoms with van der Waals surface area (Å²) in [5.41, 5.74) is 20.4. The van der Waals surface area contributed by atoms with Crippen LogP contribution >= 0.6 is 0 Å². The van der Waals surface area contributed by atoms with Crippen LogP contribution in [-0.2, 0) is 32.0 Å². The van der Waals surface area contributed by atoms with Crippen LogP contribution in [0.2, 0.25) is 0 Å². The Labute approximate surface area is 270 Å². The molecule has 0 saturated carbocycles. The topological polar surface area (TPSA) is 267 Å². The number of rotatable bonds is 16. The summed E-state index contributed by atoms with van der Waals surface area (Å²) < 4.78 is 0. The van der Waals surface area contributed by atoms with Gasteiger partial charge in [-0.25, -0.2) is 4.79 Å². The lowest BCUT2D eigenvalue weighted by Crippen LogP contribution is -2.58. The number of nitrogens with one attached hydrogen (secondary N) is 5. The van der Waals surface area contributed by atoms with Gasteiger partial charge in [0.2, 0.25) is 17.7 Å². The molecular formula is C32H41N9O6. The van der Waals surface area contributed by atoms with E-state index in [0.29, 0.717) is 12.0 Å². The van der Waals surface area contributed by atoms with Gasteiger partial charge >= 0.3 is 5.97 Å². The number of para-hydroxylation sites is 2. The second-order valence-electron chi connectivity index (χ2n) is 11.4. The highest BCUT2D eigenvalue weighted by Gasteiger charge is 2.32. The van der Waals surface area contributed by atoms with E-state index in [4.69, 9.17) is 17.2 Å². The van der Waals surface area contributed by atoms with E-state index < -0.39 is 54.0 Å². The van der Waals surface area contributed by atoms with Crippen molar-refractivity contribution in [3.63, 3.8) is 0 Å². The Morgan fingerprint density at radius 1 is 0.809 bits per heavy atom. The number of aliphatic imine (C=N–C) groups is 1. The number of aromatic amines is 2. The maximum absolute atomic E-state index is 13.8. The fourth-order valence-corrected chi connectivity index (χ4v) is 5.33. The Morgan fingerprint density at radius 3 is 1.89 bits per heavy atom. The number of fused-ring (bicyclic) bond motifs is 2. The first-order valence-corrected chi connectivity index (χ1v) is 15.2. The van der Waals surface area contributed by atoms with E-state index in [-0.39, 0.29) is 31.8 Å². The molecule has 4 aromatic rings. The third-order valence-electron chi connectivity index (χ3n) is 7.81. The summed E-state index contributed by atoms with van der Waals surface area (Å²) in [6.07, 6.45) is 2.63. The average molecular weight is 648 g/mol. The van der Waals surface area contributed by atoms with Gasteiger partial charge in [0, 0.05) is 47.2 Å². The predicted molar refractivity (Wildman–Crippen MR) is 177 cm³/mol. The number of carboxylic acids is 1. The lowest BCUT2D eigenvalue weighted by atomic mass is 10.0. The molecule has 15 heteroatoms. The van der Waals surface area contributed by atoms with E-state index >= 15 is 0 Å². The summed E-state index contributed by atoms with van der Waals surface area (Å²) >= 11 is 0. The summed E-state index contributed by atoms with van der Waals surface area (Å²) in [5, 5.41) is 28.9. The van der Waals surface area contributed by atoms with E-state index in [1.54, 1.807) is 12.4 Å². The Morgan fingerprint density at radius 2 is 1.34 bits per heavy atom. The monoisotopic (exact) mass is 647 g/mol. The number of aliphatic carboxylic acids is 1. The summed E-state index contributed by atoms with van der Waals surface area (Å²) in [5.74, 6) is -3.70. The Bertz CT molecular complexity index is 1740. The molecule has 0 bridgehead atoms. The van der Waals surface area contributed by atoms with Crippen molar-refractivity contribution >= 4 is 51.5 Å². The number of aliphatic hydroxyl groups is 1. The third kappa shape index (κ3) is 9.08. The number of guanidine groups is 1. The van der Waals surface area contributed by atoms with Crippen LogP contribution in [0.15, 0.2) is 65.9 Å². The number of aliphatic hydroxyl groups excluding tert-OH is 1. The van der Waals surface area contributed by atoms with Crippen LogP contribution in [0.1, 0.15) is 30.9 Å². The van der Waals surface area contributed by atoms with E-state index in [1.165, 1.54) is 6.92 Å². The lowest BCUT2D eigenvalue weighted by Gasteiger charge is -2.26. The van der Waals surface area contributed by atoms with Gasteiger partial charge in [0.1, 0.15) is 12.1 Å². The van der Waals surface area contributed by atoms with Crippen molar-refractivity contribution < 1.29 is 29.4 Å². The minimum absolute atomic E-state index is 0.0253. The molecule has 0 aliphatic heterocycles. The van der Waals surface area contributed by atoms with Gasteiger partial charge in [-0.05, 0) is 49.4 Å². The molecule has 5 unspecified atom stereocenters. The first kappa shape index (κ1) is 34.5. The lowest BCUT2D eigenvalue weighted by molar-refractivity contribution is -0.145. The number of hydrogen-bond donors (Lipinski definition) is 10. The number of benzene rings is 2. The molecule has 5 atom stereocenters. The summed E-state index contributed by atoms with van der Waals surface area (Å²) in [7, 11) is 0. The summed E-state index contributed by atoms with van der Waals surface area (Å²) in [6, 6.07) is 9.90. The number of carboxylic acid groups (broad SMARTS) is 1. The highest BCUT2D eigenvalue weighted by atomic mass is 16.4. The summed E-state index contributed by atoms with van der Waals surface area (Å²) in [6.45, 7) is 1.41. The van der Waals surface area contributed by atoms with E-state index in [9.17, 15) is 29.4 Å². The van der Waals surface area contributed by atoms with Gasteiger partial charge in [-0.3, -0.25) is 19.4 Å². The van der Waals surface area contributed by atoms with Crippen molar-refractivity contribution in [3.8, 4) is 0 Å². The fourth-order valence-electron chi connectivity index (χ4n) is 5.33. The largest absolute Gasteiger partial charge is 0.480 e. The van der Waals surface area contributed by atoms with Gasteiger partial charge < -0.3 is 53.3 Å². The summed E-state index contributed by atoms with van der Waals surface area (Å²) in [4.78, 5) is 62.5. The molecule has 0 radical (unpaired) electrons. The van der Waals surface area contributed by atoms with E-state index in [0.717, 1.165) is 27.4 Å². The molecule has 4 rings (SSSR count). The van der Waals surface area contributed by atoms with Gasteiger partial charge in [0.05, 0.1) is 12.1 Å². The van der Waals surface area contributed by atoms with Crippen LogP contribution in [0.4, 0.5) is 0 Å². The van der Waals surface area contributed by atoms with Crippen molar-refractivity contribution in [2.75, 3.05) is 6.54 Å². The van der Waals surface area contributed by atoms with E-state index in [2.05, 4.69) is 30.9 Å². The molecule has 15 nitrogen and oxygen atoms in total. The van der Waals surface area contributed by atoms with E-state index in [1.807, 2.05) is 48.5 Å². The number of nitrogens with two attached hydrogens (primary N) is 3. The molecule has 2 aromatic carbocycles. The zero-order chi connectivity index (χ0) is 34.1. The van der Waals surface area contributed by atoms with Gasteiger partial charge in [-0.1, -0.05) is 36.4 Å². The van der Waals surface area contributed by atoms with Crippen molar-refractivity contribution in [3.05, 3.63) is 72.1 Å². The van der Waals surface area contributed by atoms with Crippen LogP contribution in [0.3, 0.4) is 0 Å². The number of nitrogens with zero attached hydrogens (tertiary/aromatic N) is 1. The Balaban J connectivity index is 1.55. The number of H-pyrrole nitrogens is 2. The van der Waals surface area contributed by atoms with Gasteiger partial charge in [0.15, 0.2) is 12.0 Å². The van der Waals surface area contributed by atoms with Crippen molar-refractivity contribution in [2.24, 2.45) is 22.2 Å². The quantitative estimate of drug-likeness (QED) is 0.0435. The van der Waals surface area contributed by atoms with Gasteiger partial charge in [0.25, 0.3) is 0 Å². The fraction of sp³-hybridized carbons (Fsp3) is 0.344. The maximum atomic E-state index is 13.8. The van der Waals surface area contributed by atoms with Crippen LogP contribution < -0.4 is 33.2 Å². The van der Waals surface area contributed by atoms with Crippen LogP contribution in [0.25, 0.3) is 21.8 Å². The molecule has 250 valence electrons. The van der Waals surface area contributed by atoms with Gasteiger partial charge in [-0.2, -0.15) is 0 Å². The first-order chi connectivity index (χ1) is 22.4. The van der Waals surface area contributed by atoms with Crippen LogP contribution in [-0.4, -0.2) is 86.6 Å². The van der Waals surface area contributed by atoms with Crippen LogP contribution in [0.5, 0.6) is 0 Å². The second-order valence-corrected chi connectivity index (χ2v) is 11.4. The maximum Gasteiger partial charge on any atom is 0.328 e. The number of hydrogen-bond acceptors (Lipinski definition) is 7. The van der Waals surface area contributed by atoms with Crippen molar-refractivity contribution in [2.45, 2.75) is 62.9 Å². The molecule has 0 spiro atoms. The number of aromatic nitrogens is 2.